The van der Waals surface area contributed by atoms with Gasteiger partial charge in [-0.25, -0.2) is 0 Å². The Bertz CT molecular complexity index is 386. The minimum atomic E-state index is 0. The van der Waals surface area contributed by atoms with Crippen LogP contribution in [-0.4, -0.2) is 61.5 Å². The fourth-order valence-electron chi connectivity index (χ4n) is 4.81. The molecule has 3 aliphatic rings. The van der Waals surface area contributed by atoms with E-state index in [0.717, 1.165) is 38.6 Å². The van der Waals surface area contributed by atoms with Crippen LogP contribution >= 0.6 is 12.4 Å². The normalized spacial score (nSPS) is 33.5. The van der Waals surface area contributed by atoms with Crippen LogP contribution in [0.15, 0.2) is 0 Å². The van der Waals surface area contributed by atoms with E-state index in [4.69, 9.17) is 0 Å². The molecule has 0 bridgehead atoms. The minimum Gasteiger partial charge on any atom is -0.342 e. The van der Waals surface area contributed by atoms with Crippen LogP contribution in [0.4, 0.5) is 0 Å². The molecule has 134 valence electrons. The summed E-state index contributed by atoms with van der Waals surface area (Å²) in [7, 11) is 2.26. The van der Waals surface area contributed by atoms with E-state index >= 15 is 0 Å². The first kappa shape index (κ1) is 19.0. The van der Waals surface area contributed by atoms with Crippen LogP contribution in [0.3, 0.4) is 0 Å². The molecule has 0 aromatic rings. The van der Waals surface area contributed by atoms with Crippen molar-refractivity contribution in [1.82, 2.24) is 15.1 Å². The average Bonchev–Trinajstić information content (AvgIpc) is 2.55. The topological polar surface area (TPSA) is 35.6 Å². The number of hydrogen-bond donors (Lipinski definition) is 1. The highest BCUT2D eigenvalue weighted by molar-refractivity contribution is 5.85. The van der Waals surface area contributed by atoms with Crippen LogP contribution in [0.5, 0.6) is 0 Å². The molecule has 0 aliphatic carbocycles. The number of fused-ring (bicyclic) bond motifs is 1. The zero-order valence-electron chi connectivity index (χ0n) is 14.8. The number of carbonyl (C=O) groups is 1. The molecule has 0 saturated carbocycles. The third-order valence-corrected chi connectivity index (χ3v) is 6.33. The maximum Gasteiger partial charge on any atom is 0.222 e. The third-order valence-electron chi connectivity index (χ3n) is 6.33. The Labute approximate surface area is 147 Å². The summed E-state index contributed by atoms with van der Waals surface area (Å²) >= 11 is 0. The second kappa shape index (κ2) is 8.68. The van der Waals surface area contributed by atoms with Crippen molar-refractivity contribution in [2.75, 3.05) is 39.8 Å². The largest absolute Gasteiger partial charge is 0.342 e. The maximum atomic E-state index is 12.7. The summed E-state index contributed by atoms with van der Waals surface area (Å²) in [4.78, 5) is 17.4. The highest BCUT2D eigenvalue weighted by Gasteiger charge is 2.36. The van der Waals surface area contributed by atoms with E-state index < -0.39 is 0 Å². The van der Waals surface area contributed by atoms with Crippen molar-refractivity contribution in [1.29, 1.82) is 0 Å². The number of amides is 1. The van der Waals surface area contributed by atoms with Gasteiger partial charge in [-0.2, -0.15) is 0 Å². The molecule has 1 amide bonds. The lowest BCUT2D eigenvalue weighted by molar-refractivity contribution is -0.136. The van der Waals surface area contributed by atoms with Crippen molar-refractivity contribution >= 4 is 18.3 Å². The Morgan fingerprint density at radius 2 is 2.04 bits per heavy atom. The Balaban J connectivity index is 0.00000192. The van der Waals surface area contributed by atoms with E-state index in [0.29, 0.717) is 23.7 Å². The predicted molar refractivity (Wildman–Crippen MR) is 97.0 cm³/mol. The van der Waals surface area contributed by atoms with Gasteiger partial charge in [0.25, 0.3) is 0 Å². The molecule has 0 radical (unpaired) electrons. The molecule has 0 aromatic heterocycles. The fraction of sp³-hybridized carbons (Fsp3) is 0.944. The molecule has 4 unspecified atom stereocenters. The Morgan fingerprint density at radius 1 is 1.22 bits per heavy atom. The van der Waals surface area contributed by atoms with Gasteiger partial charge in [0.1, 0.15) is 0 Å². The highest BCUT2D eigenvalue weighted by Crippen LogP contribution is 2.31. The van der Waals surface area contributed by atoms with E-state index in [1.165, 1.54) is 38.6 Å². The number of likely N-dealkylation sites (tertiary alicyclic amines) is 2. The molecule has 23 heavy (non-hydrogen) atoms. The summed E-state index contributed by atoms with van der Waals surface area (Å²) in [5.41, 5.74) is 0. The van der Waals surface area contributed by atoms with Gasteiger partial charge in [0.15, 0.2) is 0 Å². The van der Waals surface area contributed by atoms with Gasteiger partial charge in [-0.1, -0.05) is 6.92 Å². The van der Waals surface area contributed by atoms with E-state index in [9.17, 15) is 4.79 Å². The lowest BCUT2D eigenvalue weighted by Crippen LogP contribution is -2.54. The molecular formula is C18H34ClN3O. The summed E-state index contributed by atoms with van der Waals surface area (Å²) in [5.74, 6) is 2.33. The summed E-state index contributed by atoms with van der Waals surface area (Å²) in [6, 6.07) is 0.720. The Kier molecular flexibility index (Phi) is 7.18. The molecule has 3 aliphatic heterocycles. The number of nitrogens with one attached hydrogen (secondary N) is 1. The fourth-order valence-corrected chi connectivity index (χ4v) is 4.81. The summed E-state index contributed by atoms with van der Waals surface area (Å²) in [6.07, 6.45) is 7.08. The van der Waals surface area contributed by atoms with E-state index in [1.54, 1.807) is 0 Å². The zero-order valence-corrected chi connectivity index (χ0v) is 15.6. The number of halogens is 1. The summed E-state index contributed by atoms with van der Waals surface area (Å²) < 4.78 is 0. The molecule has 3 heterocycles. The molecule has 3 fully saturated rings. The molecule has 3 rings (SSSR count). The quantitative estimate of drug-likeness (QED) is 0.854. The van der Waals surface area contributed by atoms with Crippen molar-refractivity contribution in [3.05, 3.63) is 0 Å². The highest BCUT2D eigenvalue weighted by atomic mass is 35.5. The summed E-state index contributed by atoms with van der Waals surface area (Å²) in [6.45, 7) is 7.74. The third kappa shape index (κ3) is 4.61. The van der Waals surface area contributed by atoms with Gasteiger partial charge in [0, 0.05) is 25.6 Å². The first-order valence-electron chi connectivity index (χ1n) is 9.34. The first-order valence-corrected chi connectivity index (χ1v) is 9.34. The van der Waals surface area contributed by atoms with Crippen molar-refractivity contribution in [2.45, 2.75) is 51.5 Å². The molecule has 5 heteroatoms. The summed E-state index contributed by atoms with van der Waals surface area (Å²) in [5, 5.41) is 3.48. The average molecular weight is 344 g/mol. The number of hydrogen-bond acceptors (Lipinski definition) is 3. The monoisotopic (exact) mass is 343 g/mol. The Hall–Kier alpha value is -0.320. The molecular weight excluding hydrogens is 310 g/mol. The molecule has 3 saturated heterocycles. The van der Waals surface area contributed by atoms with Gasteiger partial charge >= 0.3 is 0 Å². The van der Waals surface area contributed by atoms with Crippen LogP contribution in [0, 0.1) is 17.8 Å². The molecule has 4 nitrogen and oxygen atoms in total. The van der Waals surface area contributed by atoms with Crippen molar-refractivity contribution in [2.24, 2.45) is 17.8 Å². The SMILES string of the molecule is CC(CC(=O)N1CCC2C(CCCN2C)C1)C1CCCNC1.Cl. The number of piperidine rings is 3. The van der Waals surface area contributed by atoms with Crippen LogP contribution < -0.4 is 5.32 Å². The first-order chi connectivity index (χ1) is 10.6. The van der Waals surface area contributed by atoms with Gasteiger partial charge in [-0.05, 0) is 76.5 Å². The van der Waals surface area contributed by atoms with Gasteiger partial charge < -0.3 is 15.1 Å². The molecule has 1 N–H and O–H groups in total. The van der Waals surface area contributed by atoms with Crippen LogP contribution in [0.1, 0.15) is 45.4 Å². The van der Waals surface area contributed by atoms with E-state index in [1.807, 2.05) is 0 Å². The van der Waals surface area contributed by atoms with Crippen molar-refractivity contribution < 1.29 is 4.79 Å². The predicted octanol–water partition coefficient (Wildman–Crippen LogP) is 2.38. The van der Waals surface area contributed by atoms with E-state index in [-0.39, 0.29) is 12.4 Å². The second-order valence-electron chi connectivity index (χ2n) is 7.87. The van der Waals surface area contributed by atoms with Crippen LogP contribution in [0.25, 0.3) is 0 Å². The number of rotatable bonds is 3. The van der Waals surface area contributed by atoms with Gasteiger partial charge in [-0.15, -0.1) is 12.4 Å². The standard InChI is InChI=1S/C18H33N3O.ClH/c1-14(15-5-3-8-19-12-15)11-18(22)21-10-7-17-16(13-21)6-4-9-20(17)2;/h14-17,19H,3-13H2,1-2H3;1H. The Morgan fingerprint density at radius 3 is 2.78 bits per heavy atom. The van der Waals surface area contributed by atoms with Gasteiger partial charge in [0.05, 0.1) is 0 Å². The maximum absolute atomic E-state index is 12.7. The number of nitrogens with zero attached hydrogens (tertiary/aromatic N) is 2. The van der Waals surface area contributed by atoms with Gasteiger partial charge in [-0.3, -0.25) is 4.79 Å². The molecule has 0 spiro atoms. The minimum absolute atomic E-state index is 0. The lowest BCUT2D eigenvalue weighted by atomic mass is 9.83. The number of carbonyl (C=O) groups excluding carboxylic acids is 1. The van der Waals surface area contributed by atoms with Gasteiger partial charge in [0.2, 0.25) is 5.91 Å². The van der Waals surface area contributed by atoms with Crippen LogP contribution in [0.2, 0.25) is 0 Å². The van der Waals surface area contributed by atoms with E-state index in [2.05, 4.69) is 29.1 Å². The lowest BCUT2D eigenvalue weighted by Gasteiger charge is -2.46. The molecule has 0 aromatic carbocycles. The second-order valence-corrected chi connectivity index (χ2v) is 7.87. The van der Waals surface area contributed by atoms with Crippen molar-refractivity contribution in [3.8, 4) is 0 Å². The van der Waals surface area contributed by atoms with Crippen LogP contribution in [-0.2, 0) is 4.79 Å². The smallest absolute Gasteiger partial charge is 0.222 e. The zero-order chi connectivity index (χ0) is 15.5. The van der Waals surface area contributed by atoms with Crippen molar-refractivity contribution in [3.63, 3.8) is 0 Å². The molecule has 4 atom stereocenters.